The molecule has 2 heterocycles. The Morgan fingerprint density at radius 2 is 1.85 bits per heavy atom. The first-order valence-electron chi connectivity index (χ1n) is 9.04. The molecule has 0 spiro atoms. The molecule has 138 valence electrons. The van der Waals surface area contributed by atoms with Crippen molar-refractivity contribution in [1.82, 2.24) is 19.9 Å². The van der Waals surface area contributed by atoms with Gasteiger partial charge in [0.15, 0.2) is 5.69 Å². The first-order chi connectivity index (χ1) is 13.2. The molecule has 1 aliphatic rings. The van der Waals surface area contributed by atoms with E-state index in [2.05, 4.69) is 22.4 Å². The molecule has 6 heteroatoms. The van der Waals surface area contributed by atoms with Crippen molar-refractivity contribution >= 4 is 5.91 Å². The van der Waals surface area contributed by atoms with Crippen molar-refractivity contribution in [1.29, 1.82) is 0 Å². The van der Waals surface area contributed by atoms with E-state index in [1.54, 1.807) is 11.8 Å². The third-order valence-corrected chi connectivity index (χ3v) is 4.94. The molecular weight excluding hydrogens is 340 g/mol. The van der Waals surface area contributed by atoms with E-state index in [1.165, 1.54) is 11.1 Å². The molecule has 6 nitrogen and oxygen atoms in total. The summed E-state index contributed by atoms with van der Waals surface area (Å²) in [5.41, 5.74) is 5.55. The van der Waals surface area contributed by atoms with Crippen LogP contribution in [0.2, 0.25) is 0 Å². The van der Waals surface area contributed by atoms with E-state index in [1.807, 2.05) is 48.2 Å². The zero-order chi connectivity index (χ0) is 18.8. The Kier molecular flexibility index (Phi) is 4.73. The topological polar surface area (TPSA) is 60.2 Å². The SMILES string of the molecule is COCc1c(C(=O)N2CCc3ccccc3C2)nnn1-c1ccc(C)cc1. The standard InChI is InChI=1S/C21H22N4O2/c1-15-7-9-18(10-8-15)25-19(14-27-2)20(22-23-25)21(26)24-12-11-16-5-3-4-6-17(16)13-24/h3-10H,11-14H2,1-2H3. The number of hydrogen-bond donors (Lipinski definition) is 0. The maximum absolute atomic E-state index is 13.2. The highest BCUT2D eigenvalue weighted by Gasteiger charge is 2.27. The number of amides is 1. The van der Waals surface area contributed by atoms with Crippen LogP contribution in [0, 0.1) is 6.92 Å². The van der Waals surface area contributed by atoms with Gasteiger partial charge in [-0.25, -0.2) is 4.68 Å². The molecule has 0 unspecified atom stereocenters. The van der Waals surface area contributed by atoms with E-state index in [0.29, 0.717) is 24.5 Å². The number of aromatic nitrogens is 3. The number of carbonyl (C=O) groups is 1. The quantitative estimate of drug-likeness (QED) is 0.716. The summed E-state index contributed by atoms with van der Waals surface area (Å²) in [6, 6.07) is 16.2. The van der Waals surface area contributed by atoms with Gasteiger partial charge in [0.25, 0.3) is 5.91 Å². The molecule has 1 aromatic heterocycles. The number of ether oxygens (including phenoxy) is 1. The van der Waals surface area contributed by atoms with Crippen LogP contribution in [0.1, 0.15) is 32.9 Å². The largest absolute Gasteiger partial charge is 0.378 e. The van der Waals surface area contributed by atoms with E-state index in [-0.39, 0.29) is 12.5 Å². The van der Waals surface area contributed by atoms with Crippen LogP contribution in [-0.4, -0.2) is 39.5 Å². The van der Waals surface area contributed by atoms with Crippen LogP contribution in [0.25, 0.3) is 5.69 Å². The lowest BCUT2D eigenvalue weighted by Gasteiger charge is -2.28. The highest BCUT2D eigenvalue weighted by molar-refractivity contribution is 5.93. The molecule has 2 aromatic carbocycles. The first-order valence-corrected chi connectivity index (χ1v) is 9.04. The lowest BCUT2D eigenvalue weighted by molar-refractivity contribution is 0.0723. The molecular formula is C21H22N4O2. The summed E-state index contributed by atoms with van der Waals surface area (Å²) >= 11 is 0. The summed E-state index contributed by atoms with van der Waals surface area (Å²) in [7, 11) is 1.61. The third-order valence-electron chi connectivity index (χ3n) is 4.94. The van der Waals surface area contributed by atoms with Crippen LogP contribution in [0.5, 0.6) is 0 Å². The Balaban J connectivity index is 1.65. The second-order valence-electron chi connectivity index (χ2n) is 6.81. The number of methoxy groups -OCH3 is 1. The normalized spacial score (nSPS) is 13.5. The average molecular weight is 362 g/mol. The van der Waals surface area contributed by atoms with Crippen LogP contribution in [0.15, 0.2) is 48.5 Å². The van der Waals surface area contributed by atoms with Gasteiger partial charge in [-0.3, -0.25) is 4.79 Å². The number of nitrogens with zero attached hydrogens (tertiary/aromatic N) is 4. The third kappa shape index (κ3) is 3.36. The molecule has 0 radical (unpaired) electrons. The maximum atomic E-state index is 13.2. The Hall–Kier alpha value is -2.99. The van der Waals surface area contributed by atoms with Gasteiger partial charge in [0.05, 0.1) is 12.3 Å². The smallest absolute Gasteiger partial charge is 0.276 e. The molecule has 27 heavy (non-hydrogen) atoms. The predicted molar refractivity (Wildman–Crippen MR) is 102 cm³/mol. The molecule has 3 aromatic rings. The summed E-state index contributed by atoms with van der Waals surface area (Å²) in [5.74, 6) is -0.102. The zero-order valence-electron chi connectivity index (χ0n) is 15.6. The highest BCUT2D eigenvalue weighted by atomic mass is 16.5. The van der Waals surface area contributed by atoms with Gasteiger partial charge < -0.3 is 9.64 Å². The first kappa shape index (κ1) is 17.4. The van der Waals surface area contributed by atoms with Gasteiger partial charge in [-0.15, -0.1) is 5.10 Å². The molecule has 0 atom stereocenters. The molecule has 0 N–H and O–H groups in total. The van der Waals surface area contributed by atoms with Crippen molar-refractivity contribution in [2.24, 2.45) is 0 Å². The molecule has 1 amide bonds. The molecule has 0 saturated carbocycles. The zero-order valence-corrected chi connectivity index (χ0v) is 15.6. The fourth-order valence-electron chi connectivity index (χ4n) is 3.45. The van der Waals surface area contributed by atoms with Crippen molar-refractivity contribution in [2.75, 3.05) is 13.7 Å². The lowest BCUT2D eigenvalue weighted by Crippen LogP contribution is -2.36. The number of aryl methyl sites for hydroxylation is 1. The average Bonchev–Trinajstić information content (AvgIpc) is 3.11. The minimum Gasteiger partial charge on any atom is -0.378 e. The van der Waals surface area contributed by atoms with E-state index in [0.717, 1.165) is 17.7 Å². The van der Waals surface area contributed by atoms with Gasteiger partial charge in [0, 0.05) is 20.2 Å². The van der Waals surface area contributed by atoms with Gasteiger partial charge >= 0.3 is 0 Å². The fraction of sp³-hybridized carbons (Fsp3) is 0.286. The second kappa shape index (κ2) is 7.32. The lowest BCUT2D eigenvalue weighted by atomic mass is 9.99. The summed E-state index contributed by atoms with van der Waals surface area (Å²) in [6.07, 6.45) is 0.855. The summed E-state index contributed by atoms with van der Waals surface area (Å²) < 4.78 is 7.02. The van der Waals surface area contributed by atoms with E-state index < -0.39 is 0 Å². The Morgan fingerprint density at radius 1 is 1.11 bits per heavy atom. The summed E-state index contributed by atoms with van der Waals surface area (Å²) in [5, 5.41) is 8.44. The fourth-order valence-corrected chi connectivity index (χ4v) is 3.45. The number of benzene rings is 2. The second-order valence-corrected chi connectivity index (χ2v) is 6.81. The molecule has 0 fully saturated rings. The van der Waals surface area contributed by atoms with Gasteiger partial charge in [-0.05, 0) is 36.6 Å². The van der Waals surface area contributed by atoms with E-state index in [4.69, 9.17) is 4.74 Å². The van der Waals surface area contributed by atoms with Gasteiger partial charge in [0.1, 0.15) is 5.69 Å². The van der Waals surface area contributed by atoms with Crippen molar-refractivity contribution < 1.29 is 9.53 Å². The summed E-state index contributed by atoms with van der Waals surface area (Å²) in [6.45, 7) is 3.58. The molecule has 0 saturated heterocycles. The van der Waals surface area contributed by atoms with Crippen LogP contribution in [0.3, 0.4) is 0 Å². The Labute approximate surface area is 158 Å². The van der Waals surface area contributed by atoms with Crippen LogP contribution < -0.4 is 0 Å². The number of rotatable bonds is 4. The molecule has 0 bridgehead atoms. The van der Waals surface area contributed by atoms with Crippen molar-refractivity contribution in [3.05, 3.63) is 76.6 Å². The van der Waals surface area contributed by atoms with Crippen molar-refractivity contribution in [3.8, 4) is 5.69 Å². The van der Waals surface area contributed by atoms with Gasteiger partial charge in [-0.2, -0.15) is 0 Å². The van der Waals surface area contributed by atoms with Crippen LogP contribution in [-0.2, 0) is 24.3 Å². The predicted octanol–water partition coefficient (Wildman–Crippen LogP) is 2.92. The van der Waals surface area contributed by atoms with E-state index >= 15 is 0 Å². The molecule has 0 aliphatic carbocycles. The highest BCUT2D eigenvalue weighted by Crippen LogP contribution is 2.22. The molecule has 1 aliphatic heterocycles. The minimum atomic E-state index is -0.102. The van der Waals surface area contributed by atoms with Gasteiger partial charge in [0.2, 0.25) is 0 Å². The Bertz CT molecular complexity index is 963. The van der Waals surface area contributed by atoms with E-state index in [9.17, 15) is 4.79 Å². The number of fused-ring (bicyclic) bond motifs is 1. The number of hydrogen-bond acceptors (Lipinski definition) is 4. The van der Waals surface area contributed by atoms with Crippen molar-refractivity contribution in [3.63, 3.8) is 0 Å². The minimum absolute atomic E-state index is 0.102. The van der Waals surface area contributed by atoms with Crippen LogP contribution >= 0.6 is 0 Å². The molecule has 4 rings (SSSR count). The van der Waals surface area contributed by atoms with Crippen molar-refractivity contribution in [2.45, 2.75) is 26.5 Å². The van der Waals surface area contributed by atoms with Crippen LogP contribution in [0.4, 0.5) is 0 Å². The van der Waals surface area contributed by atoms with Gasteiger partial charge in [-0.1, -0.05) is 47.2 Å². The number of carbonyl (C=O) groups excluding carboxylic acids is 1. The maximum Gasteiger partial charge on any atom is 0.276 e. The summed E-state index contributed by atoms with van der Waals surface area (Å²) in [4.78, 5) is 15.0. The Morgan fingerprint density at radius 3 is 2.59 bits per heavy atom. The monoisotopic (exact) mass is 362 g/mol.